The van der Waals surface area contributed by atoms with Crippen molar-refractivity contribution in [3.63, 3.8) is 0 Å². The van der Waals surface area contributed by atoms with Crippen LogP contribution in [0.25, 0.3) is 0 Å². The van der Waals surface area contributed by atoms with Crippen molar-refractivity contribution in [1.82, 2.24) is 15.1 Å². The number of rotatable bonds is 6. The van der Waals surface area contributed by atoms with Gasteiger partial charge < -0.3 is 5.32 Å². The van der Waals surface area contributed by atoms with Gasteiger partial charge in [-0.05, 0) is 20.8 Å². The summed E-state index contributed by atoms with van der Waals surface area (Å²) in [4.78, 5) is 0. The second-order valence-corrected chi connectivity index (χ2v) is 7.10. The van der Waals surface area contributed by atoms with Crippen LogP contribution in [0.2, 0.25) is 5.02 Å². The van der Waals surface area contributed by atoms with Crippen molar-refractivity contribution >= 4 is 21.4 Å². The van der Waals surface area contributed by atoms with Crippen molar-refractivity contribution in [1.29, 1.82) is 0 Å². The highest BCUT2D eigenvalue weighted by atomic mass is 35.5. The zero-order valence-electron chi connectivity index (χ0n) is 11.2. The second kappa shape index (κ2) is 6.04. The Hall–Kier alpha value is -0.590. The van der Waals surface area contributed by atoms with Crippen molar-refractivity contribution in [3.05, 3.63) is 16.4 Å². The van der Waals surface area contributed by atoms with Crippen LogP contribution in [0.4, 0.5) is 0 Å². The summed E-state index contributed by atoms with van der Waals surface area (Å²) in [5, 5.41) is 8.12. The molecule has 1 atom stereocenters. The zero-order chi connectivity index (χ0) is 13.9. The fourth-order valence-corrected chi connectivity index (χ4v) is 3.05. The molecule has 0 radical (unpaired) electrons. The minimum absolute atomic E-state index is 0.114. The molecule has 1 aromatic heterocycles. The molecule has 0 bridgehead atoms. The Kier molecular flexibility index (Phi) is 5.19. The average Bonchev–Trinajstić information content (AvgIpc) is 2.50. The number of nitrogens with zero attached hydrogens (tertiary/aromatic N) is 2. The summed E-state index contributed by atoms with van der Waals surface area (Å²) in [7, 11) is -2.97. The van der Waals surface area contributed by atoms with Crippen molar-refractivity contribution in [2.24, 2.45) is 0 Å². The molecule has 1 unspecified atom stereocenters. The van der Waals surface area contributed by atoms with Crippen LogP contribution in [0.1, 0.15) is 25.2 Å². The third-order valence-corrected chi connectivity index (χ3v) is 4.22. The Balaban J connectivity index is 2.69. The molecule has 1 aromatic rings. The lowest BCUT2D eigenvalue weighted by Crippen LogP contribution is -2.33. The van der Waals surface area contributed by atoms with Crippen LogP contribution >= 0.6 is 11.6 Å². The van der Waals surface area contributed by atoms with Crippen molar-refractivity contribution in [2.45, 2.75) is 39.9 Å². The standard InChI is InChI=1S/C11H20ClN3O2S/c1-5-15-10(11(12)9(3)14-15)6-13-8(2)7-18(4,16)17/h8,13H,5-7H2,1-4H3. The third-order valence-electron chi connectivity index (χ3n) is 2.62. The highest BCUT2D eigenvalue weighted by Gasteiger charge is 2.15. The second-order valence-electron chi connectivity index (χ2n) is 4.54. The van der Waals surface area contributed by atoms with Crippen LogP contribution in [0.3, 0.4) is 0 Å². The van der Waals surface area contributed by atoms with Gasteiger partial charge in [0.2, 0.25) is 0 Å². The minimum atomic E-state index is -2.97. The van der Waals surface area contributed by atoms with Crippen LogP contribution in [-0.4, -0.2) is 36.2 Å². The molecule has 0 fully saturated rings. The fourth-order valence-electron chi connectivity index (χ4n) is 1.82. The van der Waals surface area contributed by atoms with Gasteiger partial charge in [0, 0.05) is 25.4 Å². The first kappa shape index (κ1) is 15.5. The van der Waals surface area contributed by atoms with E-state index < -0.39 is 9.84 Å². The van der Waals surface area contributed by atoms with Gasteiger partial charge >= 0.3 is 0 Å². The van der Waals surface area contributed by atoms with Crippen LogP contribution in [0, 0.1) is 6.92 Å². The topological polar surface area (TPSA) is 64.0 Å². The number of halogens is 1. The molecule has 0 spiro atoms. The fraction of sp³-hybridized carbons (Fsp3) is 0.727. The van der Waals surface area contributed by atoms with Crippen molar-refractivity contribution < 1.29 is 8.42 Å². The molecule has 0 saturated heterocycles. The Bertz CT molecular complexity index is 511. The van der Waals surface area contributed by atoms with E-state index in [-0.39, 0.29) is 11.8 Å². The quantitative estimate of drug-likeness (QED) is 0.861. The van der Waals surface area contributed by atoms with Gasteiger partial charge in [0.05, 0.1) is 22.2 Å². The summed E-state index contributed by atoms with van der Waals surface area (Å²) in [5.74, 6) is 0.115. The van der Waals surface area contributed by atoms with Gasteiger partial charge in [0.25, 0.3) is 0 Å². The largest absolute Gasteiger partial charge is 0.308 e. The number of aryl methyl sites for hydroxylation is 2. The van der Waals surface area contributed by atoms with Gasteiger partial charge in [-0.1, -0.05) is 11.6 Å². The van der Waals surface area contributed by atoms with Crippen LogP contribution in [0.15, 0.2) is 0 Å². The smallest absolute Gasteiger partial charge is 0.148 e. The van der Waals surface area contributed by atoms with E-state index in [1.807, 2.05) is 25.5 Å². The first-order valence-electron chi connectivity index (χ1n) is 5.87. The lowest BCUT2D eigenvalue weighted by atomic mass is 10.3. The molecule has 0 aliphatic rings. The lowest BCUT2D eigenvalue weighted by Gasteiger charge is -2.13. The number of hydrogen-bond acceptors (Lipinski definition) is 4. The van der Waals surface area contributed by atoms with Gasteiger partial charge in [0.15, 0.2) is 0 Å². The van der Waals surface area contributed by atoms with Gasteiger partial charge in [-0.25, -0.2) is 8.42 Å². The molecule has 0 aromatic carbocycles. The predicted molar refractivity (Wildman–Crippen MR) is 73.7 cm³/mol. The molecule has 5 nitrogen and oxygen atoms in total. The van der Waals surface area contributed by atoms with E-state index in [2.05, 4.69) is 10.4 Å². The van der Waals surface area contributed by atoms with Gasteiger partial charge in [-0.15, -0.1) is 0 Å². The van der Waals surface area contributed by atoms with E-state index in [1.54, 1.807) is 0 Å². The minimum Gasteiger partial charge on any atom is -0.308 e. The molecule has 0 saturated carbocycles. The third kappa shape index (κ3) is 4.26. The summed E-state index contributed by atoms with van der Waals surface area (Å²) >= 11 is 6.17. The predicted octanol–water partition coefficient (Wildman–Crippen LogP) is 1.39. The summed E-state index contributed by atoms with van der Waals surface area (Å²) < 4.78 is 24.2. The summed E-state index contributed by atoms with van der Waals surface area (Å²) in [6.07, 6.45) is 1.23. The summed E-state index contributed by atoms with van der Waals surface area (Å²) in [5.41, 5.74) is 1.70. The molecule has 18 heavy (non-hydrogen) atoms. The number of hydrogen-bond donors (Lipinski definition) is 1. The highest BCUT2D eigenvalue weighted by Crippen LogP contribution is 2.20. The molecule has 104 valence electrons. The molecule has 0 aliphatic carbocycles. The maximum atomic E-state index is 11.2. The summed E-state index contributed by atoms with van der Waals surface area (Å²) in [6.45, 7) is 6.95. The van der Waals surface area contributed by atoms with Crippen LogP contribution in [0.5, 0.6) is 0 Å². The van der Waals surface area contributed by atoms with E-state index in [9.17, 15) is 8.42 Å². The zero-order valence-corrected chi connectivity index (χ0v) is 12.8. The first-order chi connectivity index (χ1) is 8.24. The van der Waals surface area contributed by atoms with Gasteiger partial charge in [-0.3, -0.25) is 4.68 Å². The Morgan fingerprint density at radius 1 is 1.50 bits per heavy atom. The van der Waals surface area contributed by atoms with E-state index >= 15 is 0 Å². The molecule has 1 heterocycles. The molecule has 0 amide bonds. The van der Waals surface area contributed by atoms with Crippen molar-refractivity contribution in [3.8, 4) is 0 Å². The van der Waals surface area contributed by atoms with Gasteiger partial charge in [-0.2, -0.15) is 5.10 Å². The molecule has 7 heteroatoms. The van der Waals surface area contributed by atoms with Crippen LogP contribution < -0.4 is 5.32 Å². The summed E-state index contributed by atoms with van der Waals surface area (Å²) in [6, 6.07) is -0.114. The molecule has 0 aliphatic heterocycles. The SMILES string of the molecule is CCn1nc(C)c(Cl)c1CNC(C)CS(C)(=O)=O. The van der Waals surface area contributed by atoms with E-state index in [1.165, 1.54) is 6.26 Å². The number of aromatic nitrogens is 2. The van der Waals surface area contributed by atoms with Gasteiger partial charge in [0.1, 0.15) is 9.84 Å². The highest BCUT2D eigenvalue weighted by molar-refractivity contribution is 7.90. The van der Waals surface area contributed by atoms with E-state index in [4.69, 9.17) is 11.6 Å². The molecule has 1 rings (SSSR count). The maximum Gasteiger partial charge on any atom is 0.148 e. The Labute approximate surface area is 113 Å². The average molecular weight is 294 g/mol. The normalized spacial score (nSPS) is 13.8. The molecular formula is C11H20ClN3O2S. The Morgan fingerprint density at radius 3 is 2.61 bits per heavy atom. The Morgan fingerprint density at radius 2 is 2.11 bits per heavy atom. The van der Waals surface area contributed by atoms with Crippen LogP contribution in [-0.2, 0) is 22.9 Å². The number of sulfone groups is 1. The lowest BCUT2D eigenvalue weighted by molar-refractivity contribution is 0.531. The maximum absolute atomic E-state index is 11.2. The monoisotopic (exact) mass is 293 g/mol. The van der Waals surface area contributed by atoms with Crippen molar-refractivity contribution in [2.75, 3.05) is 12.0 Å². The molecular weight excluding hydrogens is 274 g/mol. The number of nitrogens with one attached hydrogen (secondary N) is 1. The van der Waals surface area contributed by atoms with E-state index in [0.29, 0.717) is 11.6 Å². The first-order valence-corrected chi connectivity index (χ1v) is 8.31. The molecule has 1 N–H and O–H groups in total. The van der Waals surface area contributed by atoms with E-state index in [0.717, 1.165) is 17.9 Å².